The highest BCUT2D eigenvalue weighted by molar-refractivity contribution is 5.85. The highest BCUT2D eigenvalue weighted by Gasteiger charge is 2.23. The molecule has 1 aromatic rings. The fourth-order valence-electron chi connectivity index (χ4n) is 2.99. The van der Waals surface area contributed by atoms with Crippen LogP contribution in [0, 0.1) is 10.1 Å². The van der Waals surface area contributed by atoms with E-state index >= 15 is 0 Å². The van der Waals surface area contributed by atoms with Crippen molar-refractivity contribution in [2.24, 2.45) is 5.73 Å². The topological polar surface area (TPSA) is 98.7 Å². The van der Waals surface area contributed by atoms with E-state index in [0.29, 0.717) is 25.3 Å². The van der Waals surface area contributed by atoms with E-state index < -0.39 is 4.92 Å². The van der Waals surface area contributed by atoms with Gasteiger partial charge >= 0.3 is 0 Å². The number of carbonyl (C=O) groups excluding carboxylic acids is 1. The zero-order chi connectivity index (χ0) is 18.1. The number of halogens is 1. The molecule has 1 aliphatic heterocycles. The SMILES string of the molecule is Cl.NCCCCCCC(=O)N1CCC(Oc2ccc([N+](=O)[O-])cc2)CC1. The first-order chi connectivity index (χ1) is 12.1. The standard InChI is InChI=1S/C18H27N3O4.ClH/c19-12-4-2-1-3-5-18(22)20-13-10-17(11-14-20)25-16-8-6-15(7-9-16)21(23)24;/h6-9,17H,1-5,10-14,19H2;1H. The predicted octanol–water partition coefficient (Wildman–Crippen LogP) is 3.30. The number of unbranched alkanes of at least 4 members (excludes halogenated alkanes) is 3. The van der Waals surface area contributed by atoms with Crippen molar-refractivity contribution in [2.75, 3.05) is 19.6 Å². The average Bonchev–Trinajstić information content (AvgIpc) is 2.62. The highest BCUT2D eigenvalue weighted by atomic mass is 35.5. The zero-order valence-electron chi connectivity index (χ0n) is 15.0. The first-order valence-electron chi connectivity index (χ1n) is 8.99. The van der Waals surface area contributed by atoms with Crippen LogP contribution < -0.4 is 10.5 Å². The molecule has 1 saturated heterocycles. The van der Waals surface area contributed by atoms with Crippen LogP contribution in [0.3, 0.4) is 0 Å². The Morgan fingerprint density at radius 3 is 2.35 bits per heavy atom. The second-order valence-corrected chi connectivity index (χ2v) is 6.40. The number of benzene rings is 1. The van der Waals surface area contributed by atoms with Gasteiger partial charge in [0.2, 0.25) is 5.91 Å². The Labute approximate surface area is 160 Å². The van der Waals surface area contributed by atoms with Crippen LogP contribution in [0.4, 0.5) is 5.69 Å². The summed E-state index contributed by atoms with van der Waals surface area (Å²) in [6.45, 7) is 2.13. The van der Waals surface area contributed by atoms with Gasteiger partial charge in [-0.25, -0.2) is 0 Å². The number of ether oxygens (including phenoxy) is 1. The van der Waals surface area contributed by atoms with Crippen LogP contribution in [0.5, 0.6) is 5.75 Å². The maximum atomic E-state index is 12.2. The lowest BCUT2D eigenvalue weighted by Gasteiger charge is -2.32. The number of likely N-dealkylation sites (tertiary alicyclic amines) is 1. The van der Waals surface area contributed by atoms with Gasteiger partial charge in [0.1, 0.15) is 11.9 Å². The van der Waals surface area contributed by atoms with Gasteiger partial charge in [0.05, 0.1) is 4.92 Å². The molecule has 8 heteroatoms. The molecule has 26 heavy (non-hydrogen) atoms. The Balaban J connectivity index is 0.00000338. The third-order valence-corrected chi connectivity index (χ3v) is 4.49. The summed E-state index contributed by atoms with van der Waals surface area (Å²) in [5, 5.41) is 10.7. The first-order valence-corrected chi connectivity index (χ1v) is 8.99. The summed E-state index contributed by atoms with van der Waals surface area (Å²) in [6, 6.07) is 6.13. The Kier molecular flexibility index (Phi) is 9.98. The average molecular weight is 386 g/mol. The number of nitrogens with zero attached hydrogens (tertiary/aromatic N) is 2. The van der Waals surface area contributed by atoms with Crippen molar-refractivity contribution in [1.29, 1.82) is 0 Å². The van der Waals surface area contributed by atoms with Crippen LogP contribution in [-0.4, -0.2) is 41.5 Å². The van der Waals surface area contributed by atoms with E-state index in [2.05, 4.69) is 0 Å². The molecule has 0 radical (unpaired) electrons. The smallest absolute Gasteiger partial charge is 0.269 e. The van der Waals surface area contributed by atoms with Crippen LogP contribution in [0.1, 0.15) is 44.9 Å². The molecule has 0 aromatic heterocycles. The van der Waals surface area contributed by atoms with Gasteiger partial charge in [-0.3, -0.25) is 14.9 Å². The number of nitrogens with two attached hydrogens (primary N) is 1. The molecule has 0 unspecified atom stereocenters. The van der Waals surface area contributed by atoms with E-state index in [1.165, 1.54) is 12.1 Å². The molecule has 0 spiro atoms. The Morgan fingerprint density at radius 2 is 1.77 bits per heavy atom. The Morgan fingerprint density at radius 1 is 1.15 bits per heavy atom. The third kappa shape index (κ3) is 7.17. The minimum atomic E-state index is -0.427. The number of rotatable bonds is 9. The van der Waals surface area contributed by atoms with E-state index in [-0.39, 0.29) is 30.1 Å². The van der Waals surface area contributed by atoms with Gasteiger partial charge in [0.25, 0.3) is 5.69 Å². The summed E-state index contributed by atoms with van der Waals surface area (Å²) >= 11 is 0. The number of hydrogen-bond acceptors (Lipinski definition) is 5. The van der Waals surface area contributed by atoms with E-state index in [9.17, 15) is 14.9 Å². The van der Waals surface area contributed by atoms with Gasteiger partial charge in [-0.1, -0.05) is 12.8 Å². The normalized spacial score (nSPS) is 14.6. The fraction of sp³-hybridized carbons (Fsp3) is 0.611. The predicted molar refractivity (Wildman–Crippen MR) is 103 cm³/mol. The van der Waals surface area contributed by atoms with Crippen molar-refractivity contribution in [2.45, 2.75) is 51.0 Å². The monoisotopic (exact) mass is 385 g/mol. The van der Waals surface area contributed by atoms with Crippen LogP contribution in [0.15, 0.2) is 24.3 Å². The molecule has 0 bridgehead atoms. The maximum absolute atomic E-state index is 12.2. The van der Waals surface area contributed by atoms with Crippen molar-refractivity contribution < 1.29 is 14.5 Å². The van der Waals surface area contributed by atoms with Crippen molar-refractivity contribution in [1.82, 2.24) is 4.90 Å². The molecule has 0 atom stereocenters. The third-order valence-electron chi connectivity index (χ3n) is 4.49. The molecular formula is C18H28ClN3O4. The van der Waals surface area contributed by atoms with E-state index in [0.717, 1.165) is 45.1 Å². The number of non-ortho nitro benzene ring substituents is 1. The van der Waals surface area contributed by atoms with E-state index in [4.69, 9.17) is 10.5 Å². The first kappa shape index (κ1) is 22.2. The van der Waals surface area contributed by atoms with Crippen molar-refractivity contribution in [3.05, 3.63) is 34.4 Å². The van der Waals surface area contributed by atoms with Gasteiger partial charge in [0.15, 0.2) is 0 Å². The van der Waals surface area contributed by atoms with Gasteiger partial charge in [-0.15, -0.1) is 12.4 Å². The lowest BCUT2D eigenvalue weighted by atomic mass is 10.1. The van der Waals surface area contributed by atoms with Crippen LogP contribution in [-0.2, 0) is 4.79 Å². The zero-order valence-corrected chi connectivity index (χ0v) is 15.8. The number of nitro benzene ring substituents is 1. The summed E-state index contributed by atoms with van der Waals surface area (Å²) in [5.74, 6) is 0.858. The summed E-state index contributed by atoms with van der Waals surface area (Å²) in [6.07, 6.45) is 6.34. The van der Waals surface area contributed by atoms with Crippen molar-refractivity contribution in [3.63, 3.8) is 0 Å². The fourth-order valence-corrected chi connectivity index (χ4v) is 2.99. The number of hydrogen-bond donors (Lipinski definition) is 1. The van der Waals surface area contributed by atoms with Crippen LogP contribution in [0.2, 0.25) is 0 Å². The largest absolute Gasteiger partial charge is 0.490 e. The summed E-state index contributed by atoms with van der Waals surface area (Å²) < 4.78 is 5.87. The summed E-state index contributed by atoms with van der Waals surface area (Å²) in [7, 11) is 0. The quantitative estimate of drug-likeness (QED) is 0.399. The molecule has 2 N–H and O–H groups in total. The molecule has 0 aliphatic carbocycles. The molecule has 1 fully saturated rings. The van der Waals surface area contributed by atoms with Gasteiger partial charge < -0.3 is 15.4 Å². The van der Waals surface area contributed by atoms with Gasteiger partial charge in [-0.2, -0.15) is 0 Å². The second kappa shape index (κ2) is 11.7. The Hall–Kier alpha value is -1.86. The minimum Gasteiger partial charge on any atom is -0.490 e. The number of amides is 1. The number of piperidine rings is 1. The molecule has 7 nitrogen and oxygen atoms in total. The molecule has 1 amide bonds. The van der Waals surface area contributed by atoms with Gasteiger partial charge in [0, 0.05) is 44.5 Å². The molecular weight excluding hydrogens is 358 g/mol. The molecule has 1 aliphatic rings. The highest BCUT2D eigenvalue weighted by Crippen LogP contribution is 2.22. The minimum absolute atomic E-state index is 0. The molecule has 1 heterocycles. The van der Waals surface area contributed by atoms with Crippen LogP contribution in [0.25, 0.3) is 0 Å². The molecule has 1 aromatic carbocycles. The van der Waals surface area contributed by atoms with E-state index in [1.807, 2.05) is 4.90 Å². The maximum Gasteiger partial charge on any atom is 0.269 e. The number of carbonyl (C=O) groups is 1. The molecule has 2 rings (SSSR count). The molecule has 0 saturated carbocycles. The summed E-state index contributed by atoms with van der Waals surface area (Å²) in [4.78, 5) is 24.3. The lowest BCUT2D eigenvalue weighted by molar-refractivity contribution is -0.384. The summed E-state index contributed by atoms with van der Waals surface area (Å²) in [5.41, 5.74) is 5.51. The second-order valence-electron chi connectivity index (χ2n) is 6.40. The lowest BCUT2D eigenvalue weighted by Crippen LogP contribution is -2.41. The molecule has 146 valence electrons. The Bertz CT molecular complexity index is 560. The van der Waals surface area contributed by atoms with E-state index in [1.54, 1.807) is 12.1 Å². The van der Waals surface area contributed by atoms with Crippen molar-refractivity contribution in [3.8, 4) is 5.75 Å². The van der Waals surface area contributed by atoms with Crippen LogP contribution >= 0.6 is 12.4 Å². The number of nitro groups is 1. The van der Waals surface area contributed by atoms with Crippen molar-refractivity contribution >= 4 is 24.0 Å². The van der Waals surface area contributed by atoms with Gasteiger partial charge in [-0.05, 0) is 31.5 Å².